The van der Waals surface area contributed by atoms with Crippen LogP contribution in [0, 0.1) is 0 Å². The molecule has 6 heteroatoms. The third kappa shape index (κ3) is 9.84. The molecule has 0 unspecified atom stereocenters. The number of aromatic carboxylic acids is 1. The Morgan fingerprint density at radius 3 is 2.42 bits per heavy atom. The van der Waals surface area contributed by atoms with E-state index in [-0.39, 0.29) is 5.56 Å². The first-order valence-corrected chi connectivity index (χ1v) is 9.24. The maximum Gasteiger partial charge on any atom is 0.335 e. The molecule has 0 fully saturated rings. The van der Waals surface area contributed by atoms with E-state index in [1.54, 1.807) is 0 Å². The van der Waals surface area contributed by atoms with E-state index in [1.807, 2.05) is 23.3 Å². The molecule has 0 aliphatic heterocycles. The minimum atomic E-state index is -1.18. The molecule has 0 amide bonds. The first kappa shape index (κ1) is 21.7. The molecular formula is C20H30N2O4. The molecule has 6 nitrogen and oxygen atoms in total. The number of ether oxygens (including phenoxy) is 1. The Morgan fingerprint density at radius 2 is 1.85 bits per heavy atom. The van der Waals surface area contributed by atoms with Crippen LogP contribution in [0.15, 0.2) is 43.0 Å². The van der Waals surface area contributed by atoms with Gasteiger partial charge in [-0.05, 0) is 12.5 Å². The quantitative estimate of drug-likeness (QED) is 0.473. The fourth-order valence-electron chi connectivity index (χ4n) is 2.38. The van der Waals surface area contributed by atoms with Crippen LogP contribution >= 0.6 is 0 Å². The number of hydrogen-bond donors (Lipinski definition) is 2. The summed E-state index contributed by atoms with van der Waals surface area (Å²) in [4.78, 5) is 13.2. The van der Waals surface area contributed by atoms with Gasteiger partial charge in [-0.15, -0.1) is 0 Å². The Morgan fingerprint density at radius 1 is 1.15 bits per heavy atom. The van der Waals surface area contributed by atoms with E-state index in [1.165, 1.54) is 69.2 Å². The number of nitrogens with zero attached hydrogens (tertiary/aromatic N) is 1. The second-order valence-corrected chi connectivity index (χ2v) is 6.09. The van der Waals surface area contributed by atoms with Gasteiger partial charge in [0.05, 0.1) is 12.2 Å². The lowest BCUT2D eigenvalue weighted by atomic mass is 10.1. The number of imidazole rings is 1. The van der Waals surface area contributed by atoms with E-state index in [0.29, 0.717) is 6.73 Å². The number of carboxylic acids is 1. The normalized spacial score (nSPS) is 10.2. The molecule has 0 aliphatic carbocycles. The predicted octanol–water partition coefficient (Wildman–Crippen LogP) is 3.49. The minimum absolute atomic E-state index is 0.178. The largest absolute Gasteiger partial charge is 0.872 e. The molecule has 2 N–H and O–H groups in total. The number of para-hydroxylation sites is 1. The van der Waals surface area contributed by atoms with Crippen molar-refractivity contribution in [3.8, 4) is 5.75 Å². The number of H-pyrrole nitrogens is 1. The number of aromatic amines is 1. The summed E-state index contributed by atoms with van der Waals surface area (Å²) in [5.74, 6) is -1.62. The van der Waals surface area contributed by atoms with Gasteiger partial charge in [0.15, 0.2) is 6.73 Å². The summed E-state index contributed by atoms with van der Waals surface area (Å²) in [6.45, 7) is 3.80. The van der Waals surface area contributed by atoms with E-state index < -0.39 is 11.7 Å². The number of aromatic nitrogens is 2. The second-order valence-electron chi connectivity index (χ2n) is 6.09. The van der Waals surface area contributed by atoms with Gasteiger partial charge >= 0.3 is 5.97 Å². The van der Waals surface area contributed by atoms with Crippen LogP contribution in [-0.2, 0) is 11.5 Å². The second kappa shape index (κ2) is 13.9. The van der Waals surface area contributed by atoms with Crippen molar-refractivity contribution in [1.29, 1.82) is 0 Å². The van der Waals surface area contributed by atoms with E-state index in [0.717, 1.165) is 6.61 Å². The summed E-state index contributed by atoms with van der Waals surface area (Å²) < 4.78 is 7.55. The van der Waals surface area contributed by atoms with Crippen molar-refractivity contribution in [2.75, 3.05) is 6.61 Å². The van der Waals surface area contributed by atoms with Crippen molar-refractivity contribution in [1.82, 2.24) is 4.98 Å². The van der Waals surface area contributed by atoms with Gasteiger partial charge in [0, 0.05) is 0 Å². The first-order chi connectivity index (χ1) is 12.6. The monoisotopic (exact) mass is 362 g/mol. The molecule has 0 spiro atoms. The molecule has 144 valence electrons. The number of carbonyl (C=O) groups is 1. The van der Waals surface area contributed by atoms with Gasteiger partial charge in [0.1, 0.15) is 12.4 Å². The van der Waals surface area contributed by atoms with Gasteiger partial charge in [-0.3, -0.25) is 4.98 Å². The van der Waals surface area contributed by atoms with Gasteiger partial charge in [-0.2, -0.15) is 0 Å². The molecule has 0 saturated carbocycles. The van der Waals surface area contributed by atoms with Crippen LogP contribution in [-0.4, -0.2) is 22.7 Å². The van der Waals surface area contributed by atoms with Crippen molar-refractivity contribution in [2.24, 2.45) is 0 Å². The molecule has 0 radical (unpaired) electrons. The number of hydrogen-bond acceptors (Lipinski definition) is 3. The van der Waals surface area contributed by atoms with Crippen molar-refractivity contribution < 1.29 is 24.3 Å². The maximum atomic E-state index is 10.7. The lowest BCUT2D eigenvalue weighted by Gasteiger charge is -2.07. The molecule has 0 atom stereocenters. The highest BCUT2D eigenvalue weighted by atomic mass is 16.5. The van der Waals surface area contributed by atoms with Crippen LogP contribution < -0.4 is 9.67 Å². The highest BCUT2D eigenvalue weighted by molar-refractivity contribution is 5.90. The van der Waals surface area contributed by atoms with E-state index in [9.17, 15) is 9.90 Å². The summed E-state index contributed by atoms with van der Waals surface area (Å²) in [5.41, 5.74) is -0.178. The van der Waals surface area contributed by atoms with Crippen LogP contribution in [0.2, 0.25) is 0 Å². The molecule has 0 aliphatic rings. The molecule has 0 bridgehead atoms. The van der Waals surface area contributed by atoms with Crippen molar-refractivity contribution in [2.45, 2.75) is 58.6 Å². The first-order valence-electron chi connectivity index (χ1n) is 9.24. The van der Waals surface area contributed by atoms with E-state index in [2.05, 4.69) is 11.9 Å². The Hall–Kier alpha value is -2.34. The van der Waals surface area contributed by atoms with Gasteiger partial charge in [-0.25, -0.2) is 9.36 Å². The summed E-state index contributed by atoms with van der Waals surface area (Å²) in [6, 6.07) is 5.54. The highest BCUT2D eigenvalue weighted by Crippen LogP contribution is 2.11. The van der Waals surface area contributed by atoms with E-state index >= 15 is 0 Å². The third-order valence-electron chi connectivity index (χ3n) is 3.85. The zero-order valence-electron chi connectivity index (χ0n) is 15.5. The summed E-state index contributed by atoms with van der Waals surface area (Å²) in [7, 11) is 0. The lowest BCUT2D eigenvalue weighted by Crippen LogP contribution is -2.32. The fraction of sp³-hybridized carbons (Fsp3) is 0.500. The van der Waals surface area contributed by atoms with Crippen LogP contribution in [0.25, 0.3) is 0 Å². The molecular weight excluding hydrogens is 332 g/mol. The maximum absolute atomic E-state index is 10.7. The molecule has 2 aromatic rings. The van der Waals surface area contributed by atoms with Gasteiger partial charge in [-0.1, -0.05) is 69.4 Å². The fourth-order valence-corrected chi connectivity index (χ4v) is 2.38. The number of carboxylic acid groups (broad SMARTS) is 1. The van der Waals surface area contributed by atoms with Crippen LogP contribution in [0.5, 0.6) is 5.75 Å². The van der Waals surface area contributed by atoms with E-state index in [4.69, 9.17) is 9.84 Å². The third-order valence-corrected chi connectivity index (χ3v) is 3.85. The molecule has 1 heterocycles. The molecule has 1 aromatic heterocycles. The number of nitrogens with one attached hydrogen (secondary N) is 1. The zero-order valence-corrected chi connectivity index (χ0v) is 15.5. The lowest BCUT2D eigenvalue weighted by molar-refractivity contribution is -0.731. The average Bonchev–Trinajstić information content (AvgIpc) is 3.14. The topological polar surface area (TPSA) is 89.3 Å². The number of unbranched alkanes of at least 4 members (excludes halogenated alkanes) is 6. The summed E-state index contributed by atoms with van der Waals surface area (Å²) in [5, 5.41) is 19.0. The zero-order chi connectivity index (χ0) is 19.0. The standard InChI is InChI=1S/C13H24N2O.C7H6O3/c1-2-3-4-5-6-7-8-11-16-13-15-10-9-14-12-15;8-6-4-2-1-3-5(6)7(9)10/h9-10,12H,2-8,11,13H2,1H3;1-4,8H,(H,9,10). The number of benzene rings is 1. The Balaban J connectivity index is 0.000000289. The van der Waals surface area contributed by atoms with Gasteiger partial charge in [0.2, 0.25) is 6.33 Å². The smallest absolute Gasteiger partial charge is 0.335 e. The highest BCUT2D eigenvalue weighted by Gasteiger charge is 1.99. The Labute approximate surface area is 155 Å². The van der Waals surface area contributed by atoms with Crippen molar-refractivity contribution in [3.63, 3.8) is 0 Å². The van der Waals surface area contributed by atoms with Crippen LogP contribution in [0.1, 0.15) is 62.2 Å². The SMILES string of the molecule is CCCCCCCCCOC[n+]1cc[nH]c1.O=C(O)c1ccccc1[O-]. The van der Waals surface area contributed by atoms with Crippen LogP contribution in [0.3, 0.4) is 0 Å². The Bertz CT molecular complexity index is 600. The predicted molar refractivity (Wildman–Crippen MR) is 97.8 cm³/mol. The molecule has 0 saturated heterocycles. The van der Waals surface area contributed by atoms with Crippen molar-refractivity contribution >= 4 is 5.97 Å². The molecule has 1 aromatic carbocycles. The van der Waals surface area contributed by atoms with Crippen LogP contribution in [0.4, 0.5) is 0 Å². The summed E-state index contributed by atoms with van der Waals surface area (Å²) in [6.07, 6.45) is 15.2. The average molecular weight is 362 g/mol. The molecule has 2 rings (SSSR count). The molecule has 26 heavy (non-hydrogen) atoms. The minimum Gasteiger partial charge on any atom is -0.872 e. The van der Waals surface area contributed by atoms with Crippen molar-refractivity contribution in [3.05, 3.63) is 48.5 Å². The van der Waals surface area contributed by atoms with Gasteiger partial charge in [0.25, 0.3) is 0 Å². The summed E-state index contributed by atoms with van der Waals surface area (Å²) >= 11 is 0. The number of rotatable bonds is 11. The Kier molecular flexibility index (Phi) is 11.6. The van der Waals surface area contributed by atoms with Gasteiger partial charge < -0.3 is 14.9 Å².